The SMILES string of the molecule is Cc1ncc(C#Cc2cccc(C(=O)Cc3ccc(CN4CCN(C)CC4)cc3)c2)c(C)n1. The van der Waals surface area contributed by atoms with Gasteiger partial charge in [0.2, 0.25) is 0 Å². The number of Topliss-reactive ketones (excluding diaryl/α,β-unsaturated/α-hetero) is 1. The first-order valence-corrected chi connectivity index (χ1v) is 11.4. The van der Waals surface area contributed by atoms with Crippen LogP contribution in [-0.4, -0.2) is 58.8 Å². The van der Waals surface area contributed by atoms with E-state index in [1.807, 2.05) is 38.1 Å². The Morgan fingerprint density at radius 3 is 2.42 bits per heavy atom. The monoisotopic (exact) mass is 438 g/mol. The van der Waals surface area contributed by atoms with Crippen molar-refractivity contribution >= 4 is 5.78 Å². The molecule has 5 heteroatoms. The van der Waals surface area contributed by atoms with Crippen molar-refractivity contribution in [3.63, 3.8) is 0 Å². The van der Waals surface area contributed by atoms with Crippen LogP contribution in [0.25, 0.3) is 0 Å². The van der Waals surface area contributed by atoms with Gasteiger partial charge in [0.1, 0.15) is 5.82 Å². The summed E-state index contributed by atoms with van der Waals surface area (Å²) in [4.78, 5) is 26.3. The summed E-state index contributed by atoms with van der Waals surface area (Å²) < 4.78 is 0. The quantitative estimate of drug-likeness (QED) is 0.449. The number of likely N-dealkylation sites (N-methyl/N-ethyl adjacent to an activating group) is 1. The fourth-order valence-corrected chi connectivity index (χ4v) is 3.93. The highest BCUT2D eigenvalue weighted by atomic mass is 16.1. The molecule has 4 rings (SSSR count). The van der Waals surface area contributed by atoms with E-state index in [1.165, 1.54) is 5.56 Å². The number of hydrogen-bond acceptors (Lipinski definition) is 5. The highest BCUT2D eigenvalue weighted by molar-refractivity contribution is 5.97. The molecule has 0 N–H and O–H groups in total. The first kappa shape index (κ1) is 22.8. The van der Waals surface area contributed by atoms with E-state index in [0.29, 0.717) is 12.0 Å². The molecule has 3 aromatic rings. The van der Waals surface area contributed by atoms with Crippen LogP contribution in [0.1, 0.15) is 44.1 Å². The third kappa shape index (κ3) is 6.35. The van der Waals surface area contributed by atoms with E-state index in [4.69, 9.17) is 0 Å². The summed E-state index contributed by atoms with van der Waals surface area (Å²) in [5.41, 5.74) is 5.48. The van der Waals surface area contributed by atoms with Gasteiger partial charge in [0.25, 0.3) is 0 Å². The van der Waals surface area contributed by atoms with Gasteiger partial charge in [-0.15, -0.1) is 0 Å². The molecule has 1 saturated heterocycles. The van der Waals surface area contributed by atoms with Gasteiger partial charge < -0.3 is 4.90 Å². The molecule has 1 aromatic heterocycles. The average Bonchev–Trinajstić information content (AvgIpc) is 2.81. The molecule has 168 valence electrons. The molecule has 1 fully saturated rings. The van der Waals surface area contributed by atoms with Crippen molar-refractivity contribution in [3.8, 4) is 11.8 Å². The molecule has 0 amide bonds. The molecule has 0 bridgehead atoms. The minimum absolute atomic E-state index is 0.0975. The van der Waals surface area contributed by atoms with Crippen molar-refractivity contribution in [2.45, 2.75) is 26.8 Å². The van der Waals surface area contributed by atoms with E-state index in [2.05, 4.69) is 62.9 Å². The summed E-state index contributed by atoms with van der Waals surface area (Å²) >= 11 is 0. The number of ketones is 1. The van der Waals surface area contributed by atoms with E-state index in [0.717, 1.165) is 60.9 Å². The third-order valence-corrected chi connectivity index (χ3v) is 6.02. The summed E-state index contributed by atoms with van der Waals surface area (Å²) in [6, 6.07) is 16.0. The van der Waals surface area contributed by atoms with Gasteiger partial charge in [-0.2, -0.15) is 0 Å². The Morgan fingerprint density at radius 2 is 1.70 bits per heavy atom. The van der Waals surface area contributed by atoms with Crippen molar-refractivity contribution in [2.24, 2.45) is 0 Å². The van der Waals surface area contributed by atoms with E-state index in [9.17, 15) is 4.79 Å². The predicted octanol–water partition coefficient (Wildman–Crippen LogP) is 3.67. The van der Waals surface area contributed by atoms with Crippen LogP contribution in [-0.2, 0) is 13.0 Å². The summed E-state index contributed by atoms with van der Waals surface area (Å²) in [6.45, 7) is 9.20. The van der Waals surface area contributed by atoms with Crippen LogP contribution in [0.2, 0.25) is 0 Å². The molecular weight excluding hydrogens is 408 g/mol. The summed E-state index contributed by atoms with van der Waals surface area (Å²) in [6.07, 6.45) is 2.13. The molecule has 2 aromatic carbocycles. The molecule has 0 radical (unpaired) electrons. The smallest absolute Gasteiger partial charge is 0.167 e. The second kappa shape index (κ2) is 10.5. The Labute approximate surface area is 196 Å². The summed E-state index contributed by atoms with van der Waals surface area (Å²) in [5, 5.41) is 0. The number of benzene rings is 2. The molecule has 5 nitrogen and oxygen atoms in total. The molecule has 0 spiro atoms. The van der Waals surface area contributed by atoms with Crippen LogP contribution < -0.4 is 0 Å². The molecular formula is C28H30N4O. The van der Waals surface area contributed by atoms with Gasteiger partial charge in [0, 0.05) is 56.5 Å². The molecule has 0 saturated carbocycles. The molecule has 1 aliphatic heterocycles. The lowest BCUT2D eigenvalue weighted by molar-refractivity contribution is 0.0993. The van der Waals surface area contributed by atoms with Gasteiger partial charge in [-0.25, -0.2) is 9.97 Å². The van der Waals surface area contributed by atoms with Crippen LogP contribution in [0.15, 0.2) is 54.7 Å². The van der Waals surface area contributed by atoms with E-state index >= 15 is 0 Å². The Kier molecular flexibility index (Phi) is 7.29. The molecule has 33 heavy (non-hydrogen) atoms. The molecule has 0 atom stereocenters. The lowest BCUT2D eigenvalue weighted by Gasteiger charge is -2.32. The number of nitrogens with zero attached hydrogens (tertiary/aromatic N) is 4. The van der Waals surface area contributed by atoms with Crippen LogP contribution in [0, 0.1) is 25.7 Å². The van der Waals surface area contributed by atoms with Crippen molar-refractivity contribution in [3.05, 3.63) is 94.1 Å². The predicted molar refractivity (Wildman–Crippen MR) is 131 cm³/mol. The zero-order valence-corrected chi connectivity index (χ0v) is 19.6. The maximum Gasteiger partial charge on any atom is 0.167 e. The lowest BCUT2D eigenvalue weighted by atomic mass is 10.0. The van der Waals surface area contributed by atoms with Gasteiger partial charge in [-0.1, -0.05) is 48.2 Å². The Balaban J connectivity index is 1.38. The van der Waals surface area contributed by atoms with E-state index in [-0.39, 0.29) is 5.78 Å². The van der Waals surface area contributed by atoms with Crippen molar-refractivity contribution < 1.29 is 4.79 Å². The number of carbonyl (C=O) groups excluding carboxylic acids is 1. The van der Waals surface area contributed by atoms with Crippen LogP contribution in [0.4, 0.5) is 0 Å². The zero-order chi connectivity index (χ0) is 23.2. The van der Waals surface area contributed by atoms with Gasteiger partial charge in [0.05, 0.1) is 11.3 Å². The van der Waals surface area contributed by atoms with Crippen LogP contribution in [0.5, 0.6) is 0 Å². The molecule has 1 aliphatic rings. The lowest BCUT2D eigenvalue weighted by Crippen LogP contribution is -2.43. The topological polar surface area (TPSA) is 49.3 Å². The van der Waals surface area contributed by atoms with Crippen molar-refractivity contribution in [1.82, 2.24) is 19.8 Å². The minimum atomic E-state index is 0.0975. The summed E-state index contributed by atoms with van der Waals surface area (Å²) in [7, 11) is 2.17. The third-order valence-electron chi connectivity index (χ3n) is 6.02. The fourth-order valence-electron chi connectivity index (χ4n) is 3.93. The van der Waals surface area contributed by atoms with Gasteiger partial charge in [-0.3, -0.25) is 9.69 Å². The average molecular weight is 439 g/mol. The second-order valence-corrected chi connectivity index (χ2v) is 8.74. The van der Waals surface area contributed by atoms with Crippen LogP contribution in [0.3, 0.4) is 0 Å². The number of hydrogen-bond donors (Lipinski definition) is 0. The Bertz CT molecular complexity index is 1180. The fraction of sp³-hybridized carbons (Fsp3) is 0.321. The minimum Gasteiger partial charge on any atom is -0.304 e. The zero-order valence-electron chi connectivity index (χ0n) is 19.6. The number of aromatic nitrogens is 2. The van der Waals surface area contributed by atoms with Crippen molar-refractivity contribution in [1.29, 1.82) is 0 Å². The standard InChI is InChI=1S/C28H30N4O/c1-21-27(19-29-22(2)30-21)12-11-23-5-4-6-26(17-23)28(33)18-24-7-9-25(10-8-24)20-32-15-13-31(3)14-16-32/h4-10,17,19H,13-16,18,20H2,1-3H3. The Morgan fingerprint density at radius 1 is 0.970 bits per heavy atom. The first-order valence-electron chi connectivity index (χ1n) is 11.4. The van der Waals surface area contributed by atoms with Crippen LogP contribution >= 0.6 is 0 Å². The van der Waals surface area contributed by atoms with Gasteiger partial charge >= 0.3 is 0 Å². The Hall–Kier alpha value is -3.33. The van der Waals surface area contributed by atoms with Crippen molar-refractivity contribution in [2.75, 3.05) is 33.2 Å². The number of carbonyl (C=O) groups is 1. The molecule has 0 unspecified atom stereocenters. The number of aryl methyl sites for hydroxylation is 2. The molecule has 0 aliphatic carbocycles. The van der Waals surface area contributed by atoms with E-state index in [1.54, 1.807) is 6.20 Å². The maximum atomic E-state index is 12.9. The summed E-state index contributed by atoms with van der Waals surface area (Å²) in [5.74, 6) is 7.09. The highest BCUT2D eigenvalue weighted by Gasteiger charge is 2.14. The van der Waals surface area contributed by atoms with Gasteiger partial charge in [0.15, 0.2) is 5.78 Å². The normalized spacial score (nSPS) is 14.5. The second-order valence-electron chi connectivity index (χ2n) is 8.74. The highest BCUT2D eigenvalue weighted by Crippen LogP contribution is 2.13. The van der Waals surface area contributed by atoms with Gasteiger partial charge in [-0.05, 0) is 44.2 Å². The first-order chi connectivity index (χ1) is 16.0. The molecule has 2 heterocycles. The number of piperazine rings is 1. The number of rotatable bonds is 5. The maximum absolute atomic E-state index is 12.9. The van der Waals surface area contributed by atoms with E-state index < -0.39 is 0 Å². The largest absolute Gasteiger partial charge is 0.304 e.